The quantitative estimate of drug-likeness (QED) is 0.769. The Kier molecular flexibility index (Phi) is 4.92. The summed E-state index contributed by atoms with van der Waals surface area (Å²) in [4.78, 5) is 20.7. The van der Waals surface area contributed by atoms with Gasteiger partial charge in [0, 0.05) is 25.1 Å². The highest BCUT2D eigenvalue weighted by atomic mass is 16.5. The molecule has 1 saturated heterocycles. The molecule has 2 heterocycles. The van der Waals surface area contributed by atoms with E-state index in [0.29, 0.717) is 32.7 Å². The number of benzene rings is 2. The second-order valence-electron chi connectivity index (χ2n) is 6.78. The van der Waals surface area contributed by atoms with Crippen LogP contribution < -0.4 is 5.01 Å². The van der Waals surface area contributed by atoms with Gasteiger partial charge >= 0.3 is 0 Å². The second-order valence-corrected chi connectivity index (χ2v) is 6.78. The molecule has 0 unspecified atom stereocenters. The van der Waals surface area contributed by atoms with Gasteiger partial charge in [0.25, 0.3) is 0 Å². The summed E-state index contributed by atoms with van der Waals surface area (Å²) in [5.74, 6) is 0.913. The summed E-state index contributed by atoms with van der Waals surface area (Å²) in [7, 11) is 0. The Morgan fingerprint density at radius 1 is 1.19 bits per heavy atom. The average Bonchev–Trinajstić information content (AvgIpc) is 3.13. The van der Waals surface area contributed by atoms with Gasteiger partial charge in [-0.05, 0) is 25.1 Å². The predicted molar refractivity (Wildman–Crippen MR) is 106 cm³/mol. The van der Waals surface area contributed by atoms with Crippen molar-refractivity contribution in [1.82, 2.24) is 15.0 Å². The number of aromatic nitrogens is 2. The van der Waals surface area contributed by atoms with Gasteiger partial charge in [0.1, 0.15) is 5.82 Å². The molecule has 27 heavy (non-hydrogen) atoms. The first-order chi connectivity index (χ1) is 13.2. The summed E-state index contributed by atoms with van der Waals surface area (Å²) in [5.41, 5.74) is 4.94. The number of imidazole rings is 1. The molecule has 4 rings (SSSR count). The van der Waals surface area contributed by atoms with Crippen LogP contribution in [0.5, 0.6) is 0 Å². The molecule has 1 fully saturated rings. The SMILES string of the molecule is CCC(=O)N(c1ccc2nc(-c3ccc(C)cc3)[nH]c2c1)N1CCOCC1. The van der Waals surface area contributed by atoms with Crippen molar-refractivity contribution in [1.29, 1.82) is 0 Å². The molecule has 0 spiro atoms. The van der Waals surface area contributed by atoms with Crippen LogP contribution in [0.2, 0.25) is 0 Å². The third-order valence-corrected chi connectivity index (χ3v) is 4.84. The van der Waals surface area contributed by atoms with E-state index >= 15 is 0 Å². The van der Waals surface area contributed by atoms with Gasteiger partial charge in [-0.25, -0.2) is 15.0 Å². The second kappa shape index (κ2) is 7.50. The summed E-state index contributed by atoms with van der Waals surface area (Å²) >= 11 is 0. The molecular formula is C21H24N4O2. The summed E-state index contributed by atoms with van der Waals surface area (Å²) in [6.45, 7) is 6.65. The lowest BCUT2D eigenvalue weighted by molar-refractivity contribution is -0.122. The zero-order valence-corrected chi connectivity index (χ0v) is 15.7. The number of nitrogens with one attached hydrogen (secondary N) is 1. The van der Waals surface area contributed by atoms with Crippen LogP contribution in [0.1, 0.15) is 18.9 Å². The molecule has 6 heteroatoms. The minimum atomic E-state index is 0.0783. The van der Waals surface area contributed by atoms with Gasteiger partial charge in [-0.2, -0.15) is 0 Å². The average molecular weight is 364 g/mol. The number of morpholine rings is 1. The van der Waals surface area contributed by atoms with Crippen molar-refractivity contribution >= 4 is 22.6 Å². The summed E-state index contributed by atoms with van der Waals surface area (Å²) in [6.07, 6.45) is 0.451. The summed E-state index contributed by atoms with van der Waals surface area (Å²) in [6, 6.07) is 14.2. The Morgan fingerprint density at radius 3 is 2.63 bits per heavy atom. The van der Waals surface area contributed by atoms with Crippen molar-refractivity contribution in [2.75, 3.05) is 31.3 Å². The molecule has 1 aromatic heterocycles. The number of hydrogen-bond acceptors (Lipinski definition) is 4. The van der Waals surface area contributed by atoms with Gasteiger partial charge in [-0.15, -0.1) is 0 Å². The van der Waals surface area contributed by atoms with E-state index in [0.717, 1.165) is 28.1 Å². The van der Waals surface area contributed by atoms with Gasteiger partial charge in [-0.1, -0.05) is 36.8 Å². The first-order valence-electron chi connectivity index (χ1n) is 9.38. The highest BCUT2D eigenvalue weighted by Gasteiger charge is 2.24. The van der Waals surface area contributed by atoms with Crippen molar-refractivity contribution < 1.29 is 9.53 Å². The number of amides is 1. The first-order valence-corrected chi connectivity index (χ1v) is 9.38. The minimum Gasteiger partial charge on any atom is -0.379 e. The van der Waals surface area contributed by atoms with Gasteiger partial charge < -0.3 is 9.72 Å². The number of anilines is 1. The highest BCUT2D eigenvalue weighted by molar-refractivity contribution is 5.94. The number of carbonyl (C=O) groups excluding carboxylic acids is 1. The number of aromatic amines is 1. The molecule has 140 valence electrons. The number of ether oxygens (including phenoxy) is 1. The van der Waals surface area contributed by atoms with Crippen LogP contribution in [-0.2, 0) is 9.53 Å². The highest BCUT2D eigenvalue weighted by Crippen LogP contribution is 2.26. The van der Waals surface area contributed by atoms with E-state index in [1.54, 1.807) is 5.01 Å². The Bertz CT molecular complexity index is 942. The number of hydrogen-bond donors (Lipinski definition) is 1. The van der Waals surface area contributed by atoms with Gasteiger partial charge in [0.05, 0.1) is 29.9 Å². The molecule has 1 aliphatic heterocycles. The maximum absolute atomic E-state index is 12.6. The zero-order valence-electron chi connectivity index (χ0n) is 15.7. The molecule has 0 atom stereocenters. The predicted octanol–water partition coefficient (Wildman–Crippen LogP) is 3.53. The molecule has 3 aromatic rings. The standard InChI is InChI=1S/C21H24N4O2/c1-3-20(26)25(24-10-12-27-13-11-24)17-8-9-18-19(14-17)23-21(22-18)16-6-4-15(2)5-7-16/h4-9,14H,3,10-13H2,1-2H3,(H,22,23). The fourth-order valence-electron chi connectivity index (χ4n) is 3.35. The Hall–Kier alpha value is -2.70. The zero-order chi connectivity index (χ0) is 18.8. The van der Waals surface area contributed by atoms with Crippen molar-refractivity contribution in [2.45, 2.75) is 20.3 Å². The summed E-state index contributed by atoms with van der Waals surface area (Å²) < 4.78 is 5.43. The van der Waals surface area contributed by atoms with Crippen LogP contribution in [0.25, 0.3) is 22.4 Å². The van der Waals surface area contributed by atoms with Crippen molar-refractivity contribution in [3.63, 3.8) is 0 Å². The van der Waals surface area contributed by atoms with E-state index in [4.69, 9.17) is 9.72 Å². The van der Waals surface area contributed by atoms with Crippen molar-refractivity contribution in [3.8, 4) is 11.4 Å². The lowest BCUT2D eigenvalue weighted by atomic mass is 10.1. The third-order valence-electron chi connectivity index (χ3n) is 4.84. The smallest absolute Gasteiger partial charge is 0.241 e. The van der Waals surface area contributed by atoms with E-state index in [-0.39, 0.29) is 5.91 Å². The summed E-state index contributed by atoms with van der Waals surface area (Å²) in [5, 5.41) is 3.85. The van der Waals surface area contributed by atoms with Gasteiger partial charge in [-0.3, -0.25) is 4.79 Å². The van der Waals surface area contributed by atoms with Gasteiger partial charge in [0.15, 0.2) is 0 Å². The van der Waals surface area contributed by atoms with Crippen LogP contribution >= 0.6 is 0 Å². The lowest BCUT2D eigenvalue weighted by Crippen LogP contribution is -2.51. The largest absolute Gasteiger partial charge is 0.379 e. The fourth-order valence-corrected chi connectivity index (χ4v) is 3.35. The van der Waals surface area contributed by atoms with E-state index < -0.39 is 0 Å². The van der Waals surface area contributed by atoms with Crippen LogP contribution in [0, 0.1) is 6.92 Å². The Balaban J connectivity index is 1.70. The number of hydrazine groups is 1. The van der Waals surface area contributed by atoms with E-state index in [1.165, 1.54) is 5.56 Å². The third kappa shape index (κ3) is 3.59. The number of aryl methyl sites for hydroxylation is 1. The van der Waals surface area contributed by atoms with Crippen molar-refractivity contribution in [3.05, 3.63) is 48.0 Å². The van der Waals surface area contributed by atoms with Gasteiger partial charge in [0.2, 0.25) is 5.91 Å². The fraction of sp³-hybridized carbons (Fsp3) is 0.333. The normalized spacial score (nSPS) is 15.2. The van der Waals surface area contributed by atoms with Crippen molar-refractivity contribution in [2.24, 2.45) is 0 Å². The number of nitrogens with zero attached hydrogens (tertiary/aromatic N) is 3. The maximum atomic E-state index is 12.6. The molecule has 1 aliphatic rings. The molecule has 1 amide bonds. The number of fused-ring (bicyclic) bond motifs is 1. The molecule has 1 N–H and O–H groups in total. The molecule has 0 bridgehead atoms. The number of rotatable bonds is 4. The molecule has 2 aromatic carbocycles. The lowest BCUT2D eigenvalue weighted by Gasteiger charge is -2.37. The first kappa shape index (κ1) is 17.7. The van der Waals surface area contributed by atoms with E-state index in [2.05, 4.69) is 41.2 Å². The molecule has 0 radical (unpaired) electrons. The Morgan fingerprint density at radius 2 is 1.93 bits per heavy atom. The minimum absolute atomic E-state index is 0.0783. The van der Waals surface area contributed by atoms with E-state index in [1.807, 2.05) is 25.1 Å². The molecule has 0 aliphatic carbocycles. The molecule has 0 saturated carbocycles. The van der Waals surface area contributed by atoms with E-state index in [9.17, 15) is 4.79 Å². The Labute approximate surface area is 158 Å². The van der Waals surface area contributed by atoms with Crippen LogP contribution in [0.3, 0.4) is 0 Å². The maximum Gasteiger partial charge on any atom is 0.241 e. The number of carbonyl (C=O) groups is 1. The molecular weight excluding hydrogens is 340 g/mol. The topological polar surface area (TPSA) is 61.5 Å². The van der Waals surface area contributed by atoms with Crippen LogP contribution in [0.4, 0.5) is 5.69 Å². The monoisotopic (exact) mass is 364 g/mol. The van der Waals surface area contributed by atoms with Crippen LogP contribution in [-0.4, -0.2) is 47.2 Å². The molecule has 6 nitrogen and oxygen atoms in total. The number of H-pyrrole nitrogens is 1. The van der Waals surface area contributed by atoms with Crippen LogP contribution in [0.15, 0.2) is 42.5 Å².